The van der Waals surface area contributed by atoms with E-state index in [0.29, 0.717) is 13.1 Å². The normalized spacial score (nSPS) is 23.4. The first kappa shape index (κ1) is 14.5. The van der Waals surface area contributed by atoms with Crippen LogP contribution >= 0.6 is 0 Å². The van der Waals surface area contributed by atoms with Crippen molar-refractivity contribution in [2.24, 2.45) is 5.92 Å². The van der Waals surface area contributed by atoms with Crippen molar-refractivity contribution < 1.29 is 14.8 Å². The van der Waals surface area contributed by atoms with Crippen LogP contribution in [0.5, 0.6) is 0 Å². The van der Waals surface area contributed by atoms with E-state index < -0.39 is 16.9 Å². The summed E-state index contributed by atoms with van der Waals surface area (Å²) in [5.74, 6) is -0.720. The van der Waals surface area contributed by atoms with Gasteiger partial charge in [0.15, 0.2) is 0 Å². The lowest BCUT2D eigenvalue weighted by molar-refractivity contribution is -0.384. The van der Waals surface area contributed by atoms with E-state index in [2.05, 4.69) is 0 Å². The maximum absolute atomic E-state index is 11.4. The van der Waals surface area contributed by atoms with Gasteiger partial charge in [0, 0.05) is 18.7 Å². The van der Waals surface area contributed by atoms with Crippen LogP contribution in [0.2, 0.25) is 0 Å². The number of hydrogen-bond donors (Lipinski definition) is 1. The largest absolute Gasteiger partial charge is 0.480 e. The topological polar surface area (TPSA) is 83.7 Å². The minimum atomic E-state index is -0.817. The molecule has 108 valence electrons. The van der Waals surface area contributed by atoms with Gasteiger partial charge in [0.05, 0.1) is 4.92 Å². The third kappa shape index (κ3) is 3.14. The van der Waals surface area contributed by atoms with E-state index in [1.165, 1.54) is 12.1 Å². The van der Waals surface area contributed by atoms with Gasteiger partial charge in [0.1, 0.15) is 6.04 Å². The lowest BCUT2D eigenvalue weighted by atomic mass is 9.90. The minimum absolute atomic E-state index is 0.0411. The van der Waals surface area contributed by atoms with Crippen molar-refractivity contribution in [1.29, 1.82) is 0 Å². The van der Waals surface area contributed by atoms with Crippen molar-refractivity contribution in [3.05, 3.63) is 39.9 Å². The third-order valence-electron chi connectivity index (χ3n) is 3.80. The molecule has 1 aromatic rings. The van der Waals surface area contributed by atoms with Crippen molar-refractivity contribution in [2.75, 3.05) is 6.54 Å². The van der Waals surface area contributed by atoms with Crippen LogP contribution in [0.3, 0.4) is 0 Å². The Morgan fingerprint density at radius 3 is 2.95 bits per heavy atom. The summed E-state index contributed by atoms with van der Waals surface area (Å²) in [6.07, 6.45) is 1.86. The number of nitro groups is 1. The molecule has 1 aromatic carbocycles. The van der Waals surface area contributed by atoms with Crippen LogP contribution in [0.25, 0.3) is 0 Å². The molecule has 1 fully saturated rings. The van der Waals surface area contributed by atoms with E-state index in [1.54, 1.807) is 12.1 Å². The fourth-order valence-electron chi connectivity index (χ4n) is 2.85. The molecule has 0 spiro atoms. The zero-order valence-corrected chi connectivity index (χ0v) is 11.4. The molecule has 0 aromatic heterocycles. The van der Waals surface area contributed by atoms with Crippen LogP contribution in [-0.4, -0.2) is 33.5 Å². The van der Waals surface area contributed by atoms with Gasteiger partial charge >= 0.3 is 5.97 Å². The highest BCUT2D eigenvalue weighted by Gasteiger charge is 2.34. The number of carboxylic acid groups (broad SMARTS) is 1. The van der Waals surface area contributed by atoms with Gasteiger partial charge in [-0.15, -0.1) is 0 Å². The van der Waals surface area contributed by atoms with E-state index in [4.69, 9.17) is 0 Å². The molecule has 1 aliphatic heterocycles. The lowest BCUT2D eigenvalue weighted by Gasteiger charge is -2.37. The second-order valence-electron chi connectivity index (χ2n) is 5.30. The van der Waals surface area contributed by atoms with Crippen LogP contribution in [0.1, 0.15) is 25.3 Å². The standard InChI is InChI=1S/C14H18N2O4/c1-10-4-3-7-15(13(10)14(17)18)9-11-5-2-6-12(8-11)16(19)20/h2,5-6,8,10,13H,3-4,7,9H2,1H3,(H,17,18). The molecule has 0 bridgehead atoms. The summed E-state index contributed by atoms with van der Waals surface area (Å²) in [7, 11) is 0. The van der Waals surface area contributed by atoms with Crippen molar-refractivity contribution in [1.82, 2.24) is 4.90 Å². The molecule has 2 atom stereocenters. The van der Waals surface area contributed by atoms with Crippen molar-refractivity contribution in [3.63, 3.8) is 0 Å². The average molecular weight is 278 g/mol. The highest BCUT2D eigenvalue weighted by molar-refractivity contribution is 5.74. The molecule has 1 N–H and O–H groups in total. The molecule has 6 heteroatoms. The number of hydrogen-bond acceptors (Lipinski definition) is 4. The second kappa shape index (κ2) is 6.00. The molecule has 0 amide bonds. The highest BCUT2D eigenvalue weighted by atomic mass is 16.6. The van der Waals surface area contributed by atoms with Gasteiger partial charge in [0.2, 0.25) is 0 Å². The summed E-state index contributed by atoms with van der Waals surface area (Å²) in [5, 5.41) is 20.1. The smallest absolute Gasteiger partial charge is 0.321 e. The van der Waals surface area contributed by atoms with Crippen LogP contribution in [-0.2, 0) is 11.3 Å². The maximum Gasteiger partial charge on any atom is 0.321 e. The Hall–Kier alpha value is -1.95. The number of aliphatic carboxylic acids is 1. The van der Waals surface area contributed by atoms with Crippen LogP contribution < -0.4 is 0 Å². The first-order chi connectivity index (χ1) is 9.49. The second-order valence-corrected chi connectivity index (χ2v) is 5.30. The van der Waals surface area contributed by atoms with E-state index in [-0.39, 0.29) is 11.6 Å². The van der Waals surface area contributed by atoms with Crippen LogP contribution in [0.15, 0.2) is 24.3 Å². The van der Waals surface area contributed by atoms with Gasteiger partial charge in [0.25, 0.3) is 5.69 Å². The molecule has 1 heterocycles. The van der Waals surface area contributed by atoms with Gasteiger partial charge < -0.3 is 5.11 Å². The van der Waals surface area contributed by atoms with Gasteiger partial charge in [-0.05, 0) is 30.9 Å². The minimum Gasteiger partial charge on any atom is -0.480 e. The van der Waals surface area contributed by atoms with E-state index in [0.717, 1.165) is 18.4 Å². The average Bonchev–Trinajstić information content (AvgIpc) is 2.38. The first-order valence-corrected chi connectivity index (χ1v) is 6.69. The van der Waals surface area contributed by atoms with E-state index in [9.17, 15) is 20.0 Å². The Bertz CT molecular complexity index is 518. The number of nitrogens with zero attached hydrogens (tertiary/aromatic N) is 2. The predicted octanol–water partition coefficient (Wildman–Crippen LogP) is 2.28. The molecule has 20 heavy (non-hydrogen) atoms. The summed E-state index contributed by atoms with van der Waals surface area (Å²) in [4.78, 5) is 23.6. The molecular formula is C14H18N2O4. The number of carboxylic acids is 1. The molecule has 2 rings (SSSR count). The Labute approximate surface area is 117 Å². The van der Waals surface area contributed by atoms with Crippen LogP contribution in [0.4, 0.5) is 5.69 Å². The number of non-ortho nitro benzene ring substituents is 1. The Kier molecular flexibility index (Phi) is 4.34. The zero-order chi connectivity index (χ0) is 14.7. The highest BCUT2D eigenvalue weighted by Crippen LogP contribution is 2.26. The quantitative estimate of drug-likeness (QED) is 0.674. The molecular weight excluding hydrogens is 260 g/mol. The monoisotopic (exact) mass is 278 g/mol. The molecule has 0 saturated carbocycles. The molecule has 1 saturated heterocycles. The summed E-state index contributed by atoms with van der Waals surface area (Å²) in [6, 6.07) is 5.87. The summed E-state index contributed by atoms with van der Waals surface area (Å²) in [5.41, 5.74) is 0.819. The maximum atomic E-state index is 11.4. The molecule has 1 aliphatic rings. The molecule has 0 radical (unpaired) electrons. The number of likely N-dealkylation sites (tertiary alicyclic amines) is 1. The van der Waals surface area contributed by atoms with Gasteiger partial charge in [-0.3, -0.25) is 19.8 Å². The third-order valence-corrected chi connectivity index (χ3v) is 3.80. The first-order valence-electron chi connectivity index (χ1n) is 6.69. The van der Waals surface area contributed by atoms with Gasteiger partial charge in [-0.2, -0.15) is 0 Å². The van der Waals surface area contributed by atoms with Crippen molar-refractivity contribution >= 4 is 11.7 Å². The number of rotatable bonds is 4. The Morgan fingerprint density at radius 1 is 1.55 bits per heavy atom. The summed E-state index contributed by atoms with van der Waals surface area (Å²) >= 11 is 0. The molecule has 0 aliphatic carbocycles. The number of carbonyl (C=O) groups is 1. The zero-order valence-electron chi connectivity index (χ0n) is 11.4. The fourth-order valence-corrected chi connectivity index (χ4v) is 2.85. The number of benzene rings is 1. The lowest BCUT2D eigenvalue weighted by Crippen LogP contribution is -2.48. The van der Waals surface area contributed by atoms with Crippen molar-refractivity contribution in [3.8, 4) is 0 Å². The fraction of sp³-hybridized carbons (Fsp3) is 0.500. The SMILES string of the molecule is CC1CCCN(Cc2cccc([N+](=O)[O-])c2)C1C(=O)O. The van der Waals surface area contributed by atoms with Gasteiger partial charge in [-0.1, -0.05) is 19.1 Å². The molecule has 6 nitrogen and oxygen atoms in total. The van der Waals surface area contributed by atoms with E-state index in [1.807, 2.05) is 11.8 Å². The number of piperidine rings is 1. The van der Waals surface area contributed by atoms with Crippen LogP contribution in [0, 0.1) is 16.0 Å². The molecule has 2 unspecified atom stereocenters. The summed E-state index contributed by atoms with van der Waals surface area (Å²) in [6.45, 7) is 3.09. The number of nitro benzene ring substituents is 1. The predicted molar refractivity (Wildman–Crippen MR) is 73.3 cm³/mol. The van der Waals surface area contributed by atoms with E-state index >= 15 is 0 Å². The summed E-state index contributed by atoms with van der Waals surface area (Å²) < 4.78 is 0. The Morgan fingerprint density at radius 2 is 2.30 bits per heavy atom. The Balaban J connectivity index is 2.17. The van der Waals surface area contributed by atoms with Crippen molar-refractivity contribution in [2.45, 2.75) is 32.4 Å². The van der Waals surface area contributed by atoms with Gasteiger partial charge in [-0.25, -0.2) is 0 Å².